The SMILES string of the molecule is COCCOc1ccc(-c2ccc(N3CCCC(NC(=O)OC(C)(C)C)(C(=O)N(C)C)C3)cc2)cc1F. The van der Waals surface area contributed by atoms with Gasteiger partial charge in [0.2, 0.25) is 5.91 Å². The monoisotopic (exact) mass is 515 g/mol. The molecule has 0 saturated carbocycles. The molecule has 1 N–H and O–H groups in total. The number of hydrogen-bond acceptors (Lipinski definition) is 6. The number of carbonyl (C=O) groups excluding carboxylic acids is 2. The van der Waals surface area contributed by atoms with Gasteiger partial charge in [0, 0.05) is 33.4 Å². The molecule has 2 aromatic carbocycles. The summed E-state index contributed by atoms with van der Waals surface area (Å²) in [5.41, 5.74) is 0.705. The summed E-state index contributed by atoms with van der Waals surface area (Å²) in [7, 11) is 4.93. The van der Waals surface area contributed by atoms with Crippen molar-refractivity contribution in [1.29, 1.82) is 0 Å². The summed E-state index contributed by atoms with van der Waals surface area (Å²) in [5.74, 6) is -0.429. The van der Waals surface area contributed by atoms with Crippen molar-refractivity contribution >= 4 is 17.7 Å². The first-order valence-corrected chi connectivity index (χ1v) is 12.4. The number of likely N-dealkylation sites (N-methyl/N-ethyl adjacent to an activating group) is 1. The minimum absolute atomic E-state index is 0.178. The Kier molecular flexibility index (Phi) is 9.02. The fraction of sp³-hybridized carbons (Fsp3) is 0.500. The van der Waals surface area contributed by atoms with Gasteiger partial charge in [-0.25, -0.2) is 9.18 Å². The summed E-state index contributed by atoms with van der Waals surface area (Å²) < 4.78 is 30.3. The average Bonchev–Trinajstić information content (AvgIpc) is 2.83. The molecule has 1 saturated heterocycles. The van der Waals surface area contributed by atoms with E-state index in [2.05, 4.69) is 10.2 Å². The zero-order chi connectivity index (χ0) is 27.2. The maximum Gasteiger partial charge on any atom is 0.408 e. The van der Waals surface area contributed by atoms with Gasteiger partial charge >= 0.3 is 6.09 Å². The van der Waals surface area contributed by atoms with Crippen molar-refractivity contribution < 1.29 is 28.2 Å². The number of benzene rings is 2. The second-order valence-corrected chi connectivity index (χ2v) is 10.5. The van der Waals surface area contributed by atoms with Crippen molar-refractivity contribution in [2.45, 2.75) is 44.8 Å². The molecule has 3 rings (SSSR count). The molecule has 0 bridgehead atoms. The van der Waals surface area contributed by atoms with Gasteiger partial charge < -0.3 is 29.3 Å². The Bertz CT molecular complexity index is 1080. The highest BCUT2D eigenvalue weighted by molar-refractivity contribution is 5.91. The van der Waals surface area contributed by atoms with E-state index in [1.54, 1.807) is 48.0 Å². The number of nitrogens with zero attached hydrogens (tertiary/aromatic N) is 2. The predicted octanol–water partition coefficient (Wildman–Crippen LogP) is 4.47. The van der Waals surface area contributed by atoms with Crippen LogP contribution in [0.15, 0.2) is 42.5 Å². The quantitative estimate of drug-likeness (QED) is 0.523. The van der Waals surface area contributed by atoms with E-state index < -0.39 is 23.1 Å². The number of nitrogens with one attached hydrogen (secondary N) is 1. The topological polar surface area (TPSA) is 80.3 Å². The van der Waals surface area contributed by atoms with Gasteiger partial charge in [0.1, 0.15) is 17.7 Å². The summed E-state index contributed by atoms with van der Waals surface area (Å²) in [6.07, 6.45) is 0.611. The van der Waals surface area contributed by atoms with Gasteiger partial charge in [0.25, 0.3) is 0 Å². The van der Waals surface area contributed by atoms with Crippen LogP contribution in [-0.4, -0.2) is 75.5 Å². The normalized spacial score (nSPS) is 17.8. The zero-order valence-electron chi connectivity index (χ0n) is 22.6. The van der Waals surface area contributed by atoms with Gasteiger partial charge in [-0.05, 0) is 69.0 Å². The van der Waals surface area contributed by atoms with Crippen molar-refractivity contribution in [3.8, 4) is 16.9 Å². The summed E-state index contributed by atoms with van der Waals surface area (Å²) in [6.45, 7) is 7.07. The van der Waals surface area contributed by atoms with Crippen LogP contribution < -0.4 is 15.0 Å². The molecule has 1 unspecified atom stereocenters. The lowest BCUT2D eigenvalue weighted by atomic mass is 9.87. The lowest BCUT2D eigenvalue weighted by Crippen LogP contribution is -2.66. The Morgan fingerprint density at radius 3 is 2.35 bits per heavy atom. The van der Waals surface area contributed by atoms with Crippen LogP contribution in [0.25, 0.3) is 11.1 Å². The van der Waals surface area contributed by atoms with Crippen LogP contribution in [0.3, 0.4) is 0 Å². The fourth-order valence-electron chi connectivity index (χ4n) is 4.43. The van der Waals surface area contributed by atoms with Crippen LogP contribution in [0.2, 0.25) is 0 Å². The van der Waals surface area contributed by atoms with Crippen molar-refractivity contribution in [1.82, 2.24) is 10.2 Å². The average molecular weight is 516 g/mol. The Balaban J connectivity index is 1.78. The van der Waals surface area contributed by atoms with Crippen LogP contribution in [0.1, 0.15) is 33.6 Å². The third-order valence-corrected chi connectivity index (χ3v) is 6.09. The van der Waals surface area contributed by atoms with E-state index >= 15 is 0 Å². The van der Waals surface area contributed by atoms with Gasteiger partial charge in [-0.1, -0.05) is 18.2 Å². The van der Waals surface area contributed by atoms with Crippen LogP contribution in [0, 0.1) is 5.82 Å². The molecule has 1 aliphatic heterocycles. The van der Waals surface area contributed by atoms with E-state index in [1.807, 2.05) is 30.3 Å². The predicted molar refractivity (Wildman–Crippen MR) is 141 cm³/mol. The number of halogens is 1. The molecule has 9 heteroatoms. The molecule has 8 nitrogen and oxygen atoms in total. The number of anilines is 1. The number of ether oxygens (including phenoxy) is 3. The molecular formula is C28H38FN3O5. The first kappa shape index (κ1) is 28.2. The van der Waals surface area contributed by atoms with E-state index in [1.165, 1.54) is 11.0 Å². The zero-order valence-corrected chi connectivity index (χ0v) is 22.6. The van der Waals surface area contributed by atoms with Crippen molar-refractivity contribution in [2.24, 2.45) is 0 Å². The summed E-state index contributed by atoms with van der Waals surface area (Å²) >= 11 is 0. The van der Waals surface area contributed by atoms with Crippen molar-refractivity contribution in [3.63, 3.8) is 0 Å². The number of carbonyl (C=O) groups is 2. The molecule has 2 aromatic rings. The number of methoxy groups -OCH3 is 1. The Hall–Kier alpha value is -3.33. The molecule has 0 aromatic heterocycles. The third kappa shape index (κ3) is 7.35. The van der Waals surface area contributed by atoms with Gasteiger partial charge in [-0.2, -0.15) is 0 Å². The summed E-state index contributed by atoms with van der Waals surface area (Å²) in [4.78, 5) is 29.5. The maximum absolute atomic E-state index is 14.5. The molecule has 0 aliphatic carbocycles. The highest BCUT2D eigenvalue weighted by Gasteiger charge is 2.45. The van der Waals surface area contributed by atoms with E-state index in [-0.39, 0.29) is 18.3 Å². The minimum Gasteiger partial charge on any atom is -0.488 e. The number of hydrogen-bond donors (Lipinski definition) is 1. The molecule has 37 heavy (non-hydrogen) atoms. The third-order valence-electron chi connectivity index (χ3n) is 6.09. The first-order chi connectivity index (χ1) is 17.4. The highest BCUT2D eigenvalue weighted by Crippen LogP contribution is 2.31. The lowest BCUT2D eigenvalue weighted by Gasteiger charge is -2.44. The standard InChI is InChI=1S/C28H38FN3O5/c1-27(2,3)37-26(34)30-28(25(33)31(4)5)14-7-15-32(19-28)22-11-8-20(9-12-22)21-10-13-24(23(29)18-21)36-17-16-35-6/h8-13,18H,7,14-17,19H2,1-6H3,(H,30,34). The second-order valence-electron chi connectivity index (χ2n) is 10.5. The number of alkyl carbamates (subject to hydrolysis) is 1. The fourth-order valence-corrected chi connectivity index (χ4v) is 4.43. The Labute approximate surface area is 218 Å². The van der Waals surface area contributed by atoms with Crippen LogP contribution in [0.5, 0.6) is 5.75 Å². The Morgan fingerprint density at radius 2 is 1.76 bits per heavy atom. The van der Waals surface area contributed by atoms with Crippen molar-refractivity contribution in [2.75, 3.05) is 52.4 Å². The molecule has 1 fully saturated rings. The molecule has 1 aliphatic rings. The molecule has 202 valence electrons. The highest BCUT2D eigenvalue weighted by atomic mass is 19.1. The first-order valence-electron chi connectivity index (χ1n) is 12.4. The molecule has 0 radical (unpaired) electrons. The molecular weight excluding hydrogens is 477 g/mol. The van der Waals surface area contributed by atoms with E-state index in [4.69, 9.17) is 14.2 Å². The molecule has 0 spiro atoms. The van der Waals surface area contributed by atoms with Crippen LogP contribution in [-0.2, 0) is 14.3 Å². The molecule has 2 amide bonds. The maximum atomic E-state index is 14.5. The van der Waals surface area contributed by atoms with Crippen molar-refractivity contribution in [3.05, 3.63) is 48.3 Å². The smallest absolute Gasteiger partial charge is 0.408 e. The van der Waals surface area contributed by atoms with E-state index in [0.717, 1.165) is 23.4 Å². The number of rotatable bonds is 8. The summed E-state index contributed by atoms with van der Waals surface area (Å²) in [6, 6.07) is 12.6. The minimum atomic E-state index is -1.11. The van der Waals surface area contributed by atoms with Gasteiger partial charge in [0.05, 0.1) is 13.2 Å². The lowest BCUT2D eigenvalue weighted by molar-refractivity contribution is -0.136. The van der Waals surface area contributed by atoms with Crippen LogP contribution in [0.4, 0.5) is 14.9 Å². The number of piperidine rings is 1. The van der Waals surface area contributed by atoms with Gasteiger partial charge in [0.15, 0.2) is 11.6 Å². The van der Waals surface area contributed by atoms with Gasteiger partial charge in [-0.3, -0.25) is 4.79 Å². The number of amides is 2. The molecule has 1 heterocycles. The molecule has 1 atom stereocenters. The van der Waals surface area contributed by atoms with E-state index in [0.29, 0.717) is 26.0 Å². The largest absolute Gasteiger partial charge is 0.488 e. The second kappa shape index (κ2) is 11.8. The summed E-state index contributed by atoms with van der Waals surface area (Å²) in [5, 5.41) is 2.88. The van der Waals surface area contributed by atoms with Crippen LogP contribution >= 0.6 is 0 Å². The van der Waals surface area contributed by atoms with E-state index in [9.17, 15) is 14.0 Å². The Morgan fingerprint density at radius 1 is 1.08 bits per heavy atom. The van der Waals surface area contributed by atoms with Gasteiger partial charge in [-0.15, -0.1) is 0 Å².